The number of hydrogen-bond acceptors (Lipinski definition) is 8. The second-order valence-corrected chi connectivity index (χ2v) is 10.5. The van der Waals surface area contributed by atoms with Crippen molar-refractivity contribution in [2.24, 2.45) is 0 Å². The number of hydrogen-bond donors (Lipinski definition) is 1. The van der Waals surface area contributed by atoms with Gasteiger partial charge in [-0.05, 0) is 59.1 Å². The zero-order valence-electron chi connectivity index (χ0n) is 24.9. The molecule has 0 bridgehead atoms. The Bertz CT molecular complexity index is 1530. The third-order valence-corrected chi connectivity index (χ3v) is 7.55. The van der Waals surface area contributed by atoms with Gasteiger partial charge in [0.05, 0.1) is 26.4 Å². The number of likely N-dealkylation sites (N-methyl/N-ethyl adjacent to an activating group) is 1. The van der Waals surface area contributed by atoms with Crippen LogP contribution in [0.25, 0.3) is 0 Å². The summed E-state index contributed by atoms with van der Waals surface area (Å²) in [4.78, 5) is 14.5. The second kappa shape index (κ2) is 13.6. The Labute approximate surface area is 252 Å². The number of methoxy groups -OCH3 is 2. The summed E-state index contributed by atoms with van der Waals surface area (Å²) in [5.74, 6) is 1.71. The number of rotatable bonds is 11. The number of fused-ring (bicyclic) bond motifs is 1. The average Bonchev–Trinajstić information content (AvgIpc) is 3.02. The van der Waals surface area contributed by atoms with Crippen LogP contribution in [0.15, 0.2) is 91.0 Å². The topological polar surface area (TPSA) is 86.7 Å². The van der Waals surface area contributed by atoms with Crippen LogP contribution in [0.1, 0.15) is 53.0 Å². The van der Waals surface area contributed by atoms with Crippen molar-refractivity contribution in [3.8, 4) is 23.0 Å². The van der Waals surface area contributed by atoms with Gasteiger partial charge in [-0.25, -0.2) is 0 Å². The summed E-state index contributed by atoms with van der Waals surface area (Å²) in [6, 6.07) is 28.5. The molecule has 1 aliphatic heterocycles. The van der Waals surface area contributed by atoms with Crippen LogP contribution in [0.3, 0.4) is 0 Å². The highest BCUT2D eigenvalue weighted by atomic mass is 16.5. The smallest absolute Gasteiger partial charge is 0.303 e. The second-order valence-electron chi connectivity index (χ2n) is 10.5. The number of carbonyl (C=O) groups is 1. The number of nitrogens with zero attached hydrogens (tertiary/aromatic N) is 1. The van der Waals surface area contributed by atoms with Gasteiger partial charge in [-0.15, -0.1) is 0 Å². The number of ether oxygens (including phenoxy) is 5. The van der Waals surface area contributed by atoms with Crippen molar-refractivity contribution in [3.05, 3.63) is 119 Å². The zero-order chi connectivity index (χ0) is 30.3. The van der Waals surface area contributed by atoms with Crippen LogP contribution in [-0.4, -0.2) is 43.8 Å². The number of aliphatic hydroxyl groups excluding tert-OH is 1. The molecule has 1 N–H and O–H groups in total. The summed E-state index contributed by atoms with van der Waals surface area (Å²) < 4.78 is 29.7. The Hall–Kier alpha value is -4.53. The van der Waals surface area contributed by atoms with Gasteiger partial charge in [0.1, 0.15) is 19.3 Å². The van der Waals surface area contributed by atoms with Crippen molar-refractivity contribution in [3.63, 3.8) is 0 Å². The van der Waals surface area contributed by atoms with E-state index in [1.807, 2.05) is 103 Å². The molecular formula is C35H37NO7. The Morgan fingerprint density at radius 1 is 0.791 bits per heavy atom. The van der Waals surface area contributed by atoms with Crippen LogP contribution in [0, 0.1) is 0 Å². The molecule has 43 heavy (non-hydrogen) atoms. The molecule has 1 aliphatic rings. The Morgan fingerprint density at radius 3 is 1.91 bits per heavy atom. The van der Waals surface area contributed by atoms with Crippen LogP contribution < -0.4 is 18.9 Å². The van der Waals surface area contributed by atoms with E-state index >= 15 is 0 Å². The van der Waals surface area contributed by atoms with Gasteiger partial charge in [-0.3, -0.25) is 9.69 Å². The predicted molar refractivity (Wildman–Crippen MR) is 162 cm³/mol. The van der Waals surface area contributed by atoms with E-state index in [-0.39, 0.29) is 0 Å². The quantitative estimate of drug-likeness (QED) is 0.209. The summed E-state index contributed by atoms with van der Waals surface area (Å²) in [6.45, 7) is 2.41. The van der Waals surface area contributed by atoms with Gasteiger partial charge in [-0.1, -0.05) is 66.7 Å². The monoisotopic (exact) mass is 583 g/mol. The maximum absolute atomic E-state index is 12.5. The molecule has 3 atom stereocenters. The Balaban J connectivity index is 1.54. The highest BCUT2D eigenvalue weighted by Crippen LogP contribution is 2.48. The van der Waals surface area contributed by atoms with Crippen LogP contribution >= 0.6 is 0 Å². The molecule has 0 radical (unpaired) electrons. The van der Waals surface area contributed by atoms with Crippen molar-refractivity contribution in [2.45, 2.75) is 38.4 Å². The summed E-state index contributed by atoms with van der Waals surface area (Å²) in [5, 5.41) is 11.1. The Morgan fingerprint density at radius 2 is 1.35 bits per heavy atom. The fraction of sp³-hybridized carbons (Fsp3) is 0.286. The first kappa shape index (κ1) is 29.9. The maximum atomic E-state index is 12.5. The van der Waals surface area contributed by atoms with Crippen LogP contribution in [0.4, 0.5) is 0 Å². The minimum Gasteiger partial charge on any atom is -0.493 e. The van der Waals surface area contributed by atoms with Crippen LogP contribution in [0.2, 0.25) is 0 Å². The standard InChI is InChI=1S/C35H37NO7/c1-23(37)43-35(26-15-16-30(39-3)32(17-26)41-21-24-11-7-5-8-12-24)34-28-19-33(42-22-25-13-9-6-10-14-25)31(40-4)18-27(28)29(38)20-36(34)2/h5-19,29,34-35,38H,20-22H2,1-4H3/t29-,34-,35+/m1/s1. The lowest BCUT2D eigenvalue weighted by Crippen LogP contribution is -2.39. The lowest BCUT2D eigenvalue weighted by molar-refractivity contribution is -0.151. The molecule has 4 aromatic carbocycles. The molecule has 0 aliphatic carbocycles. The average molecular weight is 584 g/mol. The first-order valence-electron chi connectivity index (χ1n) is 14.2. The maximum Gasteiger partial charge on any atom is 0.303 e. The molecule has 0 amide bonds. The van der Waals surface area contributed by atoms with Gasteiger partial charge in [-0.2, -0.15) is 0 Å². The van der Waals surface area contributed by atoms with Gasteiger partial charge < -0.3 is 28.8 Å². The van der Waals surface area contributed by atoms with E-state index in [0.29, 0.717) is 48.3 Å². The number of benzene rings is 4. The number of β-amino-alcohol motifs (C(OH)–C–C–N with tert-alkyl or cyclic N) is 1. The minimum atomic E-state index is -0.771. The molecule has 0 fully saturated rings. The third-order valence-electron chi connectivity index (χ3n) is 7.55. The van der Waals surface area contributed by atoms with Crippen molar-refractivity contribution in [2.75, 3.05) is 27.8 Å². The molecular weight excluding hydrogens is 546 g/mol. The minimum absolute atomic E-state index is 0.330. The molecule has 8 nitrogen and oxygen atoms in total. The van der Waals surface area contributed by atoms with Crippen molar-refractivity contribution < 1.29 is 33.6 Å². The van der Waals surface area contributed by atoms with E-state index < -0.39 is 24.2 Å². The summed E-state index contributed by atoms with van der Waals surface area (Å²) in [6.07, 6.45) is -1.50. The molecule has 0 saturated heterocycles. The number of esters is 1. The molecule has 0 saturated carbocycles. The summed E-state index contributed by atoms with van der Waals surface area (Å²) in [5.41, 5.74) is 4.21. The Kier molecular flexibility index (Phi) is 9.49. The molecule has 4 aromatic rings. The van der Waals surface area contributed by atoms with E-state index in [4.69, 9.17) is 23.7 Å². The first-order chi connectivity index (χ1) is 20.9. The zero-order valence-corrected chi connectivity index (χ0v) is 24.9. The molecule has 8 heteroatoms. The first-order valence-corrected chi connectivity index (χ1v) is 14.2. The van der Waals surface area contributed by atoms with E-state index in [1.165, 1.54) is 6.92 Å². The lowest BCUT2D eigenvalue weighted by Gasteiger charge is -2.41. The van der Waals surface area contributed by atoms with E-state index in [2.05, 4.69) is 0 Å². The van der Waals surface area contributed by atoms with E-state index in [1.54, 1.807) is 14.2 Å². The number of carbonyl (C=O) groups excluding carboxylic acids is 1. The fourth-order valence-electron chi connectivity index (χ4n) is 5.47. The lowest BCUT2D eigenvalue weighted by atomic mass is 9.85. The number of aliphatic hydroxyl groups is 1. The fourth-order valence-corrected chi connectivity index (χ4v) is 5.47. The van der Waals surface area contributed by atoms with E-state index in [0.717, 1.165) is 22.3 Å². The largest absolute Gasteiger partial charge is 0.493 e. The van der Waals surface area contributed by atoms with E-state index in [9.17, 15) is 9.90 Å². The SMILES string of the molecule is COc1ccc([C@H](OC(C)=O)[C@H]2c3cc(OCc4ccccc4)c(OC)cc3[C@H](O)CN2C)cc1OCc1ccccc1. The third kappa shape index (κ3) is 6.93. The van der Waals surface area contributed by atoms with Crippen LogP contribution in [-0.2, 0) is 22.7 Å². The molecule has 224 valence electrons. The van der Waals surface area contributed by atoms with Gasteiger partial charge in [0, 0.05) is 13.5 Å². The molecule has 0 spiro atoms. The highest BCUT2D eigenvalue weighted by Gasteiger charge is 2.39. The van der Waals surface area contributed by atoms with Gasteiger partial charge in [0.15, 0.2) is 23.0 Å². The highest BCUT2D eigenvalue weighted by molar-refractivity contribution is 5.66. The summed E-state index contributed by atoms with van der Waals surface area (Å²) in [7, 11) is 5.06. The van der Waals surface area contributed by atoms with Gasteiger partial charge in [0.2, 0.25) is 0 Å². The van der Waals surface area contributed by atoms with Crippen LogP contribution in [0.5, 0.6) is 23.0 Å². The molecule has 0 aromatic heterocycles. The van der Waals surface area contributed by atoms with Crippen molar-refractivity contribution in [1.82, 2.24) is 4.90 Å². The predicted octanol–water partition coefficient (Wildman–Crippen LogP) is 6.19. The van der Waals surface area contributed by atoms with Crippen molar-refractivity contribution in [1.29, 1.82) is 0 Å². The normalized spacial score (nSPS) is 17.0. The van der Waals surface area contributed by atoms with Gasteiger partial charge >= 0.3 is 5.97 Å². The molecule has 1 heterocycles. The summed E-state index contributed by atoms with van der Waals surface area (Å²) >= 11 is 0. The van der Waals surface area contributed by atoms with Crippen molar-refractivity contribution >= 4 is 5.97 Å². The van der Waals surface area contributed by atoms with Gasteiger partial charge in [0.25, 0.3) is 0 Å². The molecule has 0 unspecified atom stereocenters. The molecule has 5 rings (SSSR count).